The Kier molecular flexibility index (Phi) is 7.55. The van der Waals surface area contributed by atoms with Crippen LogP contribution in [0.3, 0.4) is 0 Å². The first kappa shape index (κ1) is 23.3. The molecule has 164 valence electrons. The smallest absolute Gasteiger partial charge is 0.243 e. The van der Waals surface area contributed by atoms with Crippen LogP contribution in [0.25, 0.3) is 0 Å². The number of nitrogens with one attached hydrogen (secondary N) is 1. The van der Waals surface area contributed by atoms with Gasteiger partial charge in [0.05, 0.1) is 33.3 Å². The molecule has 2 aromatic carbocycles. The second-order valence-electron chi connectivity index (χ2n) is 6.82. The van der Waals surface area contributed by atoms with E-state index < -0.39 is 22.0 Å². The number of hydrogen-bond donors (Lipinski definition) is 1. The Morgan fingerprint density at radius 2 is 1.57 bits per heavy atom. The number of carbonyl (C=O) groups excluding carboxylic acids is 1. The highest BCUT2D eigenvalue weighted by atomic mass is 32.2. The molecule has 0 saturated heterocycles. The molecule has 1 N–H and O–H groups in total. The van der Waals surface area contributed by atoms with E-state index >= 15 is 0 Å². The molecule has 0 radical (unpaired) electrons. The Balaban J connectivity index is 2.23. The molecule has 1 atom stereocenters. The summed E-state index contributed by atoms with van der Waals surface area (Å²) in [4.78, 5) is 12.8. The Hall–Kier alpha value is -2.94. The summed E-state index contributed by atoms with van der Waals surface area (Å²) in [7, 11) is 0.850. The van der Waals surface area contributed by atoms with Crippen molar-refractivity contribution in [3.63, 3.8) is 0 Å². The first-order chi connectivity index (χ1) is 14.1. The highest BCUT2D eigenvalue weighted by molar-refractivity contribution is 7.92. The third kappa shape index (κ3) is 5.35. The summed E-state index contributed by atoms with van der Waals surface area (Å²) in [5.74, 6) is 0.943. The Labute approximate surface area is 177 Å². The van der Waals surface area contributed by atoms with Crippen LogP contribution in [0.5, 0.6) is 17.2 Å². The van der Waals surface area contributed by atoms with Gasteiger partial charge in [-0.25, -0.2) is 8.42 Å². The lowest BCUT2D eigenvalue weighted by atomic mass is 10.1. The second kappa shape index (κ2) is 9.71. The van der Waals surface area contributed by atoms with Crippen LogP contribution in [0.4, 0.5) is 5.69 Å². The van der Waals surface area contributed by atoms with E-state index in [1.54, 1.807) is 43.3 Å². The van der Waals surface area contributed by atoms with Gasteiger partial charge in [-0.1, -0.05) is 17.7 Å². The Morgan fingerprint density at radius 1 is 1.03 bits per heavy atom. The van der Waals surface area contributed by atoms with Gasteiger partial charge in [0.2, 0.25) is 21.7 Å². The third-order valence-corrected chi connectivity index (χ3v) is 5.81. The highest BCUT2D eigenvalue weighted by Gasteiger charge is 2.29. The average molecular weight is 437 g/mol. The van der Waals surface area contributed by atoms with Crippen molar-refractivity contribution in [1.82, 2.24) is 5.32 Å². The number of sulfonamides is 1. The van der Waals surface area contributed by atoms with Gasteiger partial charge in [0, 0.05) is 6.54 Å². The van der Waals surface area contributed by atoms with E-state index in [4.69, 9.17) is 14.2 Å². The molecular weight excluding hydrogens is 408 g/mol. The maximum absolute atomic E-state index is 12.8. The summed E-state index contributed by atoms with van der Waals surface area (Å²) in [6, 6.07) is 9.46. The number of methoxy groups -OCH3 is 3. The van der Waals surface area contributed by atoms with Crippen LogP contribution in [-0.4, -0.2) is 48.0 Å². The van der Waals surface area contributed by atoms with Crippen molar-refractivity contribution in [2.24, 2.45) is 0 Å². The lowest BCUT2D eigenvalue weighted by molar-refractivity contribution is -0.122. The van der Waals surface area contributed by atoms with E-state index in [2.05, 4.69) is 5.32 Å². The molecule has 1 amide bonds. The Bertz CT molecular complexity index is 964. The molecule has 0 saturated carbocycles. The lowest BCUT2D eigenvalue weighted by Crippen LogP contribution is -2.47. The van der Waals surface area contributed by atoms with Crippen LogP contribution in [-0.2, 0) is 21.4 Å². The van der Waals surface area contributed by atoms with Gasteiger partial charge in [-0.3, -0.25) is 9.10 Å². The minimum absolute atomic E-state index is 0.158. The van der Waals surface area contributed by atoms with Gasteiger partial charge in [-0.15, -0.1) is 0 Å². The zero-order valence-corrected chi connectivity index (χ0v) is 18.9. The Morgan fingerprint density at radius 3 is 2.00 bits per heavy atom. The van der Waals surface area contributed by atoms with Gasteiger partial charge in [0.1, 0.15) is 6.04 Å². The molecule has 0 fully saturated rings. The fraction of sp³-hybridized carbons (Fsp3) is 0.381. The fourth-order valence-electron chi connectivity index (χ4n) is 3.07. The van der Waals surface area contributed by atoms with Crippen molar-refractivity contribution in [3.05, 3.63) is 47.5 Å². The predicted molar refractivity (Wildman–Crippen MR) is 116 cm³/mol. The summed E-state index contributed by atoms with van der Waals surface area (Å²) in [5.41, 5.74) is 2.14. The van der Waals surface area contributed by atoms with Gasteiger partial charge in [0.25, 0.3) is 0 Å². The molecule has 30 heavy (non-hydrogen) atoms. The SMILES string of the molecule is COc1cc(CNC(=O)C(C)N(c2ccc(C)cc2)S(C)(=O)=O)cc(OC)c1OC. The number of hydrogen-bond acceptors (Lipinski definition) is 6. The normalized spacial score (nSPS) is 12.1. The van der Waals surface area contributed by atoms with Gasteiger partial charge >= 0.3 is 0 Å². The van der Waals surface area contributed by atoms with E-state index in [0.29, 0.717) is 28.5 Å². The summed E-state index contributed by atoms with van der Waals surface area (Å²) >= 11 is 0. The molecule has 2 aromatic rings. The standard InChI is InChI=1S/C21H28N2O6S/c1-14-7-9-17(10-8-14)23(30(6,25)26)15(2)21(24)22-13-16-11-18(27-3)20(29-5)19(12-16)28-4/h7-12,15H,13H2,1-6H3,(H,22,24). The van der Waals surface area contributed by atoms with Crippen molar-refractivity contribution >= 4 is 21.6 Å². The maximum atomic E-state index is 12.8. The summed E-state index contributed by atoms with van der Waals surface area (Å²) in [5, 5.41) is 2.78. The fourth-order valence-corrected chi connectivity index (χ4v) is 4.25. The maximum Gasteiger partial charge on any atom is 0.243 e. The van der Waals surface area contributed by atoms with E-state index in [0.717, 1.165) is 16.1 Å². The molecule has 1 unspecified atom stereocenters. The first-order valence-electron chi connectivity index (χ1n) is 9.25. The number of rotatable bonds is 9. The molecule has 0 aliphatic carbocycles. The summed E-state index contributed by atoms with van der Waals surface area (Å²) in [6.07, 6.45) is 1.08. The number of amides is 1. The minimum atomic E-state index is -3.67. The minimum Gasteiger partial charge on any atom is -0.493 e. The van der Waals surface area contributed by atoms with E-state index in [1.165, 1.54) is 21.3 Å². The number of benzene rings is 2. The van der Waals surface area contributed by atoms with E-state index in [-0.39, 0.29) is 6.54 Å². The van der Waals surface area contributed by atoms with Crippen molar-refractivity contribution in [2.75, 3.05) is 31.9 Å². The zero-order chi connectivity index (χ0) is 22.5. The third-order valence-electron chi connectivity index (χ3n) is 4.57. The topological polar surface area (TPSA) is 94.2 Å². The van der Waals surface area contributed by atoms with Crippen molar-refractivity contribution < 1.29 is 27.4 Å². The quantitative estimate of drug-likeness (QED) is 0.649. The molecule has 8 nitrogen and oxygen atoms in total. The van der Waals surface area contributed by atoms with Crippen LogP contribution in [0, 0.1) is 6.92 Å². The number of aryl methyl sites for hydroxylation is 1. The largest absolute Gasteiger partial charge is 0.493 e. The number of anilines is 1. The van der Waals surface area contributed by atoms with Crippen LogP contribution in [0.2, 0.25) is 0 Å². The van der Waals surface area contributed by atoms with Crippen LogP contribution < -0.4 is 23.8 Å². The molecule has 0 bridgehead atoms. The van der Waals surface area contributed by atoms with Gasteiger partial charge < -0.3 is 19.5 Å². The zero-order valence-electron chi connectivity index (χ0n) is 18.1. The van der Waals surface area contributed by atoms with Crippen LogP contribution in [0.1, 0.15) is 18.1 Å². The number of nitrogens with zero attached hydrogens (tertiary/aromatic N) is 1. The van der Waals surface area contributed by atoms with Crippen LogP contribution >= 0.6 is 0 Å². The van der Waals surface area contributed by atoms with E-state index in [1.807, 2.05) is 6.92 Å². The molecule has 2 rings (SSSR count). The molecule has 9 heteroatoms. The molecule has 0 aromatic heterocycles. The summed E-state index contributed by atoms with van der Waals surface area (Å²) < 4.78 is 41.8. The van der Waals surface area contributed by atoms with Gasteiger partial charge in [0.15, 0.2) is 11.5 Å². The summed E-state index contributed by atoms with van der Waals surface area (Å²) in [6.45, 7) is 3.61. The second-order valence-corrected chi connectivity index (χ2v) is 8.68. The molecular formula is C21H28N2O6S. The first-order valence-corrected chi connectivity index (χ1v) is 11.1. The molecule has 0 aliphatic heterocycles. The van der Waals surface area contributed by atoms with Crippen molar-refractivity contribution in [3.8, 4) is 17.2 Å². The highest BCUT2D eigenvalue weighted by Crippen LogP contribution is 2.38. The van der Waals surface area contributed by atoms with Crippen molar-refractivity contribution in [2.45, 2.75) is 26.4 Å². The number of carbonyl (C=O) groups is 1. The van der Waals surface area contributed by atoms with Gasteiger partial charge in [-0.05, 0) is 43.7 Å². The number of ether oxygens (including phenoxy) is 3. The average Bonchev–Trinajstić information content (AvgIpc) is 2.71. The van der Waals surface area contributed by atoms with Gasteiger partial charge in [-0.2, -0.15) is 0 Å². The molecule has 0 heterocycles. The monoisotopic (exact) mass is 436 g/mol. The lowest BCUT2D eigenvalue weighted by Gasteiger charge is -2.28. The predicted octanol–water partition coefficient (Wildman–Crippen LogP) is 2.49. The van der Waals surface area contributed by atoms with E-state index in [9.17, 15) is 13.2 Å². The molecule has 0 spiro atoms. The molecule has 0 aliphatic rings. The van der Waals surface area contributed by atoms with Crippen molar-refractivity contribution in [1.29, 1.82) is 0 Å². The van der Waals surface area contributed by atoms with Crippen LogP contribution in [0.15, 0.2) is 36.4 Å².